The molecule has 1 unspecified atom stereocenters. The highest BCUT2D eigenvalue weighted by atomic mass is 15.3. The van der Waals surface area contributed by atoms with Gasteiger partial charge in [-0.2, -0.15) is 0 Å². The fraction of sp³-hybridized carbons (Fsp3) is 0.630. The van der Waals surface area contributed by atoms with Gasteiger partial charge in [0.2, 0.25) is 0 Å². The first-order valence-corrected chi connectivity index (χ1v) is 11.9. The summed E-state index contributed by atoms with van der Waals surface area (Å²) in [6.07, 6.45) is 9.11. The quantitative estimate of drug-likeness (QED) is 0.375. The molecule has 0 N–H and O–H groups in total. The Kier molecular flexibility index (Phi) is 16.4. The molecular weight excluding hydrogens is 352 g/mol. The zero-order valence-corrected chi connectivity index (χ0v) is 20.3. The highest BCUT2D eigenvalue weighted by Gasteiger charge is 2.26. The summed E-state index contributed by atoms with van der Waals surface area (Å²) in [6, 6.07) is 9.81. The zero-order valence-electron chi connectivity index (χ0n) is 20.3. The van der Waals surface area contributed by atoms with Crippen molar-refractivity contribution in [3.05, 3.63) is 54.6 Å². The zero-order chi connectivity index (χ0) is 22.1. The molecule has 1 saturated heterocycles. The van der Waals surface area contributed by atoms with Gasteiger partial charge in [0.1, 0.15) is 0 Å². The molecule has 2 heteroatoms. The SMILES string of the molecule is C=C(C)Cc1ccc(N2CCC(N(CCC)CCC)C2)cc1.C=CCCC.CC. The Balaban J connectivity index is 0.000000977. The van der Waals surface area contributed by atoms with E-state index in [1.54, 1.807) is 0 Å². The maximum Gasteiger partial charge on any atom is 0.0366 e. The second-order valence-electron chi connectivity index (χ2n) is 7.80. The molecule has 1 aromatic carbocycles. The summed E-state index contributed by atoms with van der Waals surface area (Å²) >= 11 is 0. The molecule has 0 saturated carbocycles. The molecule has 0 spiro atoms. The molecule has 1 aliphatic rings. The van der Waals surface area contributed by atoms with Crippen molar-refractivity contribution < 1.29 is 0 Å². The minimum Gasteiger partial charge on any atom is -0.370 e. The van der Waals surface area contributed by atoms with Crippen LogP contribution in [0, 0.1) is 0 Å². The molecule has 1 aromatic rings. The van der Waals surface area contributed by atoms with Gasteiger partial charge in [0, 0.05) is 24.8 Å². The number of benzene rings is 1. The van der Waals surface area contributed by atoms with Gasteiger partial charge < -0.3 is 4.90 Å². The average Bonchev–Trinajstić information content (AvgIpc) is 3.21. The van der Waals surface area contributed by atoms with Gasteiger partial charge in [0.15, 0.2) is 0 Å². The standard InChI is InChI=1S/C20H32N2.C5H10.C2H6/c1-5-12-21(13-6-2)20-11-14-22(16-20)19-9-7-18(8-10-19)15-17(3)4;1-3-5-4-2;1-2/h7-10,20H,3,5-6,11-16H2,1-2,4H3;3H,1,4-5H2,2H3;1-2H3. The number of nitrogens with zero attached hydrogens (tertiary/aromatic N) is 2. The van der Waals surface area contributed by atoms with E-state index in [0.29, 0.717) is 0 Å². The minimum atomic E-state index is 0.731. The van der Waals surface area contributed by atoms with E-state index in [4.69, 9.17) is 0 Å². The van der Waals surface area contributed by atoms with Gasteiger partial charge in [0.25, 0.3) is 0 Å². The van der Waals surface area contributed by atoms with Gasteiger partial charge in [0.05, 0.1) is 0 Å². The molecular formula is C27H48N2. The lowest BCUT2D eigenvalue weighted by molar-refractivity contribution is 0.210. The van der Waals surface area contributed by atoms with Crippen molar-refractivity contribution in [3.8, 4) is 0 Å². The van der Waals surface area contributed by atoms with E-state index in [1.165, 1.54) is 68.7 Å². The van der Waals surface area contributed by atoms with Crippen LogP contribution >= 0.6 is 0 Å². The van der Waals surface area contributed by atoms with Crippen molar-refractivity contribution in [1.29, 1.82) is 0 Å². The lowest BCUT2D eigenvalue weighted by atomic mass is 10.1. The maximum atomic E-state index is 4.00. The normalized spacial score (nSPS) is 15.3. The summed E-state index contributed by atoms with van der Waals surface area (Å²) in [5.74, 6) is 0. The number of anilines is 1. The van der Waals surface area contributed by atoms with Crippen LogP contribution in [0.1, 0.15) is 79.2 Å². The summed E-state index contributed by atoms with van der Waals surface area (Å²) in [6.45, 7) is 25.2. The van der Waals surface area contributed by atoms with E-state index < -0.39 is 0 Å². The molecule has 29 heavy (non-hydrogen) atoms. The van der Waals surface area contributed by atoms with E-state index in [2.05, 4.69) is 74.9 Å². The predicted molar refractivity (Wildman–Crippen MR) is 134 cm³/mol. The summed E-state index contributed by atoms with van der Waals surface area (Å²) in [5, 5.41) is 0. The maximum absolute atomic E-state index is 4.00. The van der Waals surface area contributed by atoms with Crippen molar-refractivity contribution in [2.75, 3.05) is 31.1 Å². The lowest BCUT2D eigenvalue weighted by Gasteiger charge is -2.28. The Morgan fingerprint density at radius 1 is 1.07 bits per heavy atom. The topological polar surface area (TPSA) is 6.48 Å². The van der Waals surface area contributed by atoms with E-state index in [1.807, 2.05) is 19.9 Å². The third-order valence-electron chi connectivity index (χ3n) is 5.00. The molecule has 1 fully saturated rings. The van der Waals surface area contributed by atoms with E-state index in [9.17, 15) is 0 Å². The van der Waals surface area contributed by atoms with Crippen LogP contribution in [0.3, 0.4) is 0 Å². The molecule has 0 aliphatic carbocycles. The van der Waals surface area contributed by atoms with Crippen molar-refractivity contribution in [1.82, 2.24) is 4.90 Å². The second-order valence-corrected chi connectivity index (χ2v) is 7.80. The van der Waals surface area contributed by atoms with Crippen molar-refractivity contribution >= 4 is 5.69 Å². The fourth-order valence-corrected chi connectivity index (χ4v) is 3.70. The molecule has 0 aromatic heterocycles. The van der Waals surface area contributed by atoms with Crippen LogP contribution < -0.4 is 4.90 Å². The first-order valence-electron chi connectivity index (χ1n) is 11.9. The predicted octanol–water partition coefficient (Wildman–Crippen LogP) is 7.50. The van der Waals surface area contributed by atoms with Crippen LogP contribution in [0.2, 0.25) is 0 Å². The Hall–Kier alpha value is -1.54. The van der Waals surface area contributed by atoms with Crippen LogP contribution in [0.25, 0.3) is 0 Å². The van der Waals surface area contributed by atoms with Gasteiger partial charge >= 0.3 is 0 Å². The van der Waals surface area contributed by atoms with Crippen LogP contribution in [0.15, 0.2) is 49.1 Å². The summed E-state index contributed by atoms with van der Waals surface area (Å²) in [7, 11) is 0. The van der Waals surface area contributed by atoms with Crippen molar-refractivity contribution in [3.63, 3.8) is 0 Å². The van der Waals surface area contributed by atoms with E-state index >= 15 is 0 Å². The van der Waals surface area contributed by atoms with Gasteiger partial charge in [-0.05, 0) is 69.8 Å². The monoisotopic (exact) mass is 400 g/mol. The van der Waals surface area contributed by atoms with Crippen molar-refractivity contribution in [2.24, 2.45) is 0 Å². The fourth-order valence-electron chi connectivity index (χ4n) is 3.70. The smallest absolute Gasteiger partial charge is 0.0366 e. The highest BCUT2D eigenvalue weighted by Crippen LogP contribution is 2.24. The first-order chi connectivity index (χ1) is 14.0. The van der Waals surface area contributed by atoms with Gasteiger partial charge in [-0.15, -0.1) is 6.58 Å². The molecule has 1 aliphatic heterocycles. The minimum absolute atomic E-state index is 0.731. The molecule has 166 valence electrons. The Bertz CT molecular complexity index is 526. The number of rotatable bonds is 10. The first kappa shape index (κ1) is 27.5. The molecule has 0 bridgehead atoms. The lowest BCUT2D eigenvalue weighted by Crippen LogP contribution is -2.38. The van der Waals surface area contributed by atoms with Gasteiger partial charge in [-0.25, -0.2) is 0 Å². The molecule has 2 rings (SSSR count). The van der Waals surface area contributed by atoms with Gasteiger partial charge in [-0.1, -0.05) is 71.4 Å². The largest absolute Gasteiger partial charge is 0.370 e. The molecule has 0 amide bonds. The van der Waals surface area contributed by atoms with Gasteiger partial charge in [-0.3, -0.25) is 4.90 Å². The Morgan fingerprint density at radius 2 is 1.66 bits per heavy atom. The summed E-state index contributed by atoms with van der Waals surface area (Å²) in [5.41, 5.74) is 3.97. The average molecular weight is 401 g/mol. The third-order valence-corrected chi connectivity index (χ3v) is 5.00. The number of hydrogen-bond donors (Lipinski definition) is 0. The van der Waals surface area contributed by atoms with Crippen LogP contribution in [0.5, 0.6) is 0 Å². The number of unbranched alkanes of at least 4 members (excludes halogenated alkanes) is 1. The van der Waals surface area contributed by atoms with E-state index in [-0.39, 0.29) is 0 Å². The Morgan fingerprint density at radius 3 is 2.07 bits per heavy atom. The van der Waals surface area contributed by atoms with Crippen LogP contribution in [-0.4, -0.2) is 37.1 Å². The number of allylic oxidation sites excluding steroid dienone is 2. The van der Waals surface area contributed by atoms with E-state index in [0.717, 1.165) is 18.9 Å². The molecule has 1 heterocycles. The third kappa shape index (κ3) is 11.3. The molecule has 0 radical (unpaired) electrons. The van der Waals surface area contributed by atoms with Crippen LogP contribution in [0.4, 0.5) is 5.69 Å². The van der Waals surface area contributed by atoms with Crippen LogP contribution in [-0.2, 0) is 6.42 Å². The second kappa shape index (κ2) is 17.3. The summed E-state index contributed by atoms with van der Waals surface area (Å²) in [4.78, 5) is 5.24. The Labute approximate surface area is 182 Å². The molecule has 1 atom stereocenters. The highest BCUT2D eigenvalue weighted by molar-refractivity contribution is 5.49. The summed E-state index contributed by atoms with van der Waals surface area (Å²) < 4.78 is 0. The van der Waals surface area contributed by atoms with Crippen molar-refractivity contribution in [2.45, 2.75) is 86.1 Å². The molecule has 2 nitrogen and oxygen atoms in total. The number of hydrogen-bond acceptors (Lipinski definition) is 2.